The first kappa shape index (κ1) is 20.9. The van der Waals surface area contributed by atoms with Gasteiger partial charge in [-0.1, -0.05) is 32.9 Å². The van der Waals surface area contributed by atoms with Crippen molar-refractivity contribution in [2.45, 2.75) is 44.1 Å². The molecule has 3 rings (SSSR count). The Morgan fingerprint density at radius 1 is 1.14 bits per heavy atom. The van der Waals surface area contributed by atoms with Gasteiger partial charge < -0.3 is 15.4 Å². The van der Waals surface area contributed by atoms with Gasteiger partial charge >= 0.3 is 5.97 Å². The molecule has 2 N–H and O–H groups in total. The molecule has 0 saturated heterocycles. The number of anilines is 2. The van der Waals surface area contributed by atoms with Crippen molar-refractivity contribution < 1.29 is 19.1 Å². The molecule has 29 heavy (non-hydrogen) atoms. The van der Waals surface area contributed by atoms with Crippen LogP contribution in [0.2, 0.25) is 0 Å². The summed E-state index contributed by atoms with van der Waals surface area (Å²) in [6.07, 6.45) is -0.968. The average Bonchev–Trinajstić information content (AvgIpc) is 2.67. The molecular weight excluding hydrogens is 388 g/mol. The van der Waals surface area contributed by atoms with Crippen LogP contribution in [-0.4, -0.2) is 29.6 Å². The number of carbonyl (C=O) groups is 3. The number of benzene rings is 2. The summed E-state index contributed by atoms with van der Waals surface area (Å²) in [7, 11) is 0. The van der Waals surface area contributed by atoms with E-state index in [1.807, 2.05) is 24.3 Å². The van der Waals surface area contributed by atoms with Crippen LogP contribution in [0, 0.1) is 0 Å². The van der Waals surface area contributed by atoms with Gasteiger partial charge in [0.1, 0.15) is 0 Å². The number of nitrogens with one attached hydrogen (secondary N) is 2. The van der Waals surface area contributed by atoms with Crippen molar-refractivity contribution in [1.82, 2.24) is 0 Å². The summed E-state index contributed by atoms with van der Waals surface area (Å²) < 4.78 is 5.30. The molecular formula is C22H24N2O4S. The van der Waals surface area contributed by atoms with Gasteiger partial charge in [-0.3, -0.25) is 9.59 Å². The van der Waals surface area contributed by atoms with Gasteiger partial charge in [0.05, 0.1) is 17.0 Å². The second-order valence-corrected chi connectivity index (χ2v) is 8.93. The van der Waals surface area contributed by atoms with Crippen molar-refractivity contribution in [2.24, 2.45) is 0 Å². The summed E-state index contributed by atoms with van der Waals surface area (Å²) >= 11 is 1.41. The normalized spacial score (nSPS) is 14.4. The van der Waals surface area contributed by atoms with Crippen LogP contribution in [0.4, 0.5) is 11.4 Å². The van der Waals surface area contributed by atoms with E-state index in [0.717, 1.165) is 10.5 Å². The third kappa shape index (κ3) is 5.17. The van der Waals surface area contributed by atoms with Crippen LogP contribution in [0.25, 0.3) is 0 Å². The fourth-order valence-corrected chi connectivity index (χ4v) is 3.58. The lowest BCUT2D eigenvalue weighted by Crippen LogP contribution is -2.30. The fraction of sp³-hybridized carbons (Fsp3) is 0.318. The van der Waals surface area contributed by atoms with Gasteiger partial charge in [-0.05, 0) is 48.2 Å². The summed E-state index contributed by atoms with van der Waals surface area (Å²) in [5.41, 5.74) is 2.68. The molecule has 2 amide bonds. The third-order valence-electron chi connectivity index (χ3n) is 4.52. The third-order valence-corrected chi connectivity index (χ3v) is 5.59. The maximum absolute atomic E-state index is 12.4. The maximum Gasteiger partial charge on any atom is 0.338 e. The van der Waals surface area contributed by atoms with Crippen LogP contribution < -0.4 is 10.6 Å². The predicted molar refractivity (Wildman–Crippen MR) is 114 cm³/mol. The van der Waals surface area contributed by atoms with E-state index in [1.165, 1.54) is 18.7 Å². The van der Waals surface area contributed by atoms with Gasteiger partial charge in [-0.15, -0.1) is 11.8 Å². The summed E-state index contributed by atoms with van der Waals surface area (Å²) in [4.78, 5) is 37.2. The lowest BCUT2D eigenvalue weighted by molar-refractivity contribution is -0.123. The number of hydrogen-bond donors (Lipinski definition) is 2. The van der Waals surface area contributed by atoms with Crippen molar-refractivity contribution in [1.29, 1.82) is 0 Å². The lowest BCUT2D eigenvalue weighted by atomic mass is 9.87. The molecule has 6 nitrogen and oxygen atoms in total. The monoisotopic (exact) mass is 412 g/mol. The zero-order valence-corrected chi connectivity index (χ0v) is 17.7. The molecule has 7 heteroatoms. The van der Waals surface area contributed by atoms with Crippen LogP contribution in [0.5, 0.6) is 0 Å². The molecule has 0 fully saturated rings. The molecule has 152 valence electrons. The van der Waals surface area contributed by atoms with E-state index in [-0.39, 0.29) is 16.9 Å². The van der Waals surface area contributed by atoms with Crippen molar-refractivity contribution in [2.75, 3.05) is 16.4 Å². The smallest absolute Gasteiger partial charge is 0.338 e. The number of rotatable bonds is 4. The highest BCUT2D eigenvalue weighted by atomic mass is 32.2. The van der Waals surface area contributed by atoms with Crippen molar-refractivity contribution in [3.05, 3.63) is 53.6 Å². The Labute approximate surface area is 174 Å². The Balaban J connectivity index is 1.61. The van der Waals surface area contributed by atoms with Crippen LogP contribution >= 0.6 is 11.8 Å². The first-order valence-corrected chi connectivity index (χ1v) is 10.3. The van der Waals surface area contributed by atoms with Gasteiger partial charge in [0.2, 0.25) is 5.91 Å². The SMILES string of the molecule is CC(OC(=O)c1ccc2c(c1)NC(=O)CS2)C(=O)Nc1ccc(C(C)(C)C)cc1. The number of esters is 1. The first-order chi connectivity index (χ1) is 13.6. The predicted octanol–water partition coefficient (Wildman–Crippen LogP) is 4.21. The highest BCUT2D eigenvalue weighted by Gasteiger charge is 2.22. The number of hydrogen-bond acceptors (Lipinski definition) is 5. The molecule has 1 atom stereocenters. The molecule has 1 aliphatic rings. The first-order valence-electron chi connectivity index (χ1n) is 9.32. The zero-order chi connectivity index (χ0) is 21.2. The molecule has 0 bridgehead atoms. The molecule has 1 aliphatic heterocycles. The number of carbonyl (C=O) groups excluding carboxylic acids is 3. The van der Waals surface area contributed by atoms with Gasteiger partial charge in [0.25, 0.3) is 5.91 Å². The van der Waals surface area contributed by atoms with E-state index in [2.05, 4.69) is 31.4 Å². The minimum atomic E-state index is -0.968. The van der Waals surface area contributed by atoms with Crippen molar-refractivity contribution in [3.8, 4) is 0 Å². The minimum Gasteiger partial charge on any atom is -0.449 e. The van der Waals surface area contributed by atoms with Crippen LogP contribution in [0.15, 0.2) is 47.4 Å². The molecule has 0 radical (unpaired) electrons. The molecule has 0 spiro atoms. The van der Waals surface area contributed by atoms with E-state index in [4.69, 9.17) is 4.74 Å². The molecule has 0 aliphatic carbocycles. The summed E-state index contributed by atoms with van der Waals surface area (Å²) in [6, 6.07) is 12.5. The Morgan fingerprint density at radius 2 is 1.83 bits per heavy atom. The summed E-state index contributed by atoms with van der Waals surface area (Å²) in [6.45, 7) is 7.87. The van der Waals surface area contributed by atoms with E-state index in [9.17, 15) is 14.4 Å². The number of amides is 2. The minimum absolute atomic E-state index is 0.0260. The topological polar surface area (TPSA) is 84.5 Å². The highest BCUT2D eigenvalue weighted by molar-refractivity contribution is 8.00. The van der Waals surface area contributed by atoms with Crippen LogP contribution in [0.3, 0.4) is 0 Å². The Bertz CT molecular complexity index is 948. The van der Waals surface area contributed by atoms with Gasteiger partial charge in [0, 0.05) is 10.6 Å². The van der Waals surface area contributed by atoms with Gasteiger partial charge in [0.15, 0.2) is 6.10 Å². The molecule has 2 aromatic rings. The Hall–Kier alpha value is -2.80. The average molecular weight is 413 g/mol. The Morgan fingerprint density at radius 3 is 2.48 bits per heavy atom. The number of ether oxygens (including phenoxy) is 1. The lowest BCUT2D eigenvalue weighted by Gasteiger charge is -2.20. The van der Waals surface area contributed by atoms with E-state index in [0.29, 0.717) is 17.1 Å². The van der Waals surface area contributed by atoms with E-state index in [1.54, 1.807) is 18.2 Å². The Kier molecular flexibility index (Phi) is 5.98. The van der Waals surface area contributed by atoms with Crippen molar-refractivity contribution in [3.63, 3.8) is 0 Å². The quantitative estimate of drug-likeness (QED) is 0.735. The van der Waals surface area contributed by atoms with Crippen LogP contribution in [0.1, 0.15) is 43.6 Å². The number of fused-ring (bicyclic) bond motifs is 1. The molecule has 1 unspecified atom stereocenters. The standard InChI is InChI=1S/C22H24N2O4S/c1-13(20(26)23-16-8-6-15(7-9-16)22(2,3)4)28-21(27)14-5-10-18-17(11-14)24-19(25)12-29-18/h5-11,13H,12H2,1-4H3,(H,23,26)(H,24,25). The largest absolute Gasteiger partial charge is 0.449 e. The molecule has 0 saturated carbocycles. The van der Waals surface area contributed by atoms with E-state index < -0.39 is 18.0 Å². The molecule has 2 aromatic carbocycles. The molecule has 0 aromatic heterocycles. The second kappa shape index (κ2) is 8.29. The van der Waals surface area contributed by atoms with Gasteiger partial charge in [-0.2, -0.15) is 0 Å². The summed E-state index contributed by atoms with van der Waals surface area (Å²) in [5.74, 6) is -0.796. The van der Waals surface area contributed by atoms with Crippen LogP contribution in [-0.2, 0) is 19.7 Å². The van der Waals surface area contributed by atoms with Crippen molar-refractivity contribution >= 4 is 40.9 Å². The van der Waals surface area contributed by atoms with Gasteiger partial charge in [-0.25, -0.2) is 4.79 Å². The maximum atomic E-state index is 12.4. The molecule has 1 heterocycles. The fourth-order valence-electron chi connectivity index (χ4n) is 2.79. The second-order valence-electron chi connectivity index (χ2n) is 7.91. The number of thioether (sulfide) groups is 1. The summed E-state index contributed by atoms with van der Waals surface area (Å²) in [5, 5.41) is 5.49. The van der Waals surface area contributed by atoms with E-state index >= 15 is 0 Å². The zero-order valence-electron chi connectivity index (χ0n) is 16.9. The highest BCUT2D eigenvalue weighted by Crippen LogP contribution is 2.32.